The molecular formula is C19H21ClIN3O2. The van der Waals surface area contributed by atoms with Crippen molar-refractivity contribution in [2.75, 3.05) is 50.1 Å². The van der Waals surface area contributed by atoms with E-state index in [1.165, 1.54) is 0 Å². The van der Waals surface area contributed by atoms with Gasteiger partial charge >= 0.3 is 0 Å². The Morgan fingerprint density at radius 3 is 2.54 bits per heavy atom. The first-order valence-electron chi connectivity index (χ1n) is 8.42. The van der Waals surface area contributed by atoms with E-state index in [9.17, 15) is 4.79 Å². The van der Waals surface area contributed by atoms with Crippen LogP contribution in [0.3, 0.4) is 0 Å². The standard InChI is InChI=1S/C19H21ClIN3O2/c1-23-8-10-24(11-9-23)18-7-2-14(20)12-17(18)22-19(25)13-26-16-5-3-15(21)4-6-16/h2-7,12H,8-11,13H2,1H3,(H,22,25). The number of anilines is 2. The molecule has 0 unspecified atom stereocenters. The van der Waals surface area contributed by atoms with Gasteiger partial charge in [-0.05, 0) is 72.1 Å². The topological polar surface area (TPSA) is 44.8 Å². The van der Waals surface area contributed by atoms with Crippen LogP contribution in [-0.4, -0.2) is 50.6 Å². The van der Waals surface area contributed by atoms with Gasteiger partial charge in [0.2, 0.25) is 0 Å². The quantitative estimate of drug-likeness (QED) is 0.656. The maximum Gasteiger partial charge on any atom is 0.262 e. The molecule has 0 saturated carbocycles. The summed E-state index contributed by atoms with van der Waals surface area (Å²) in [5.41, 5.74) is 1.71. The fraction of sp³-hybridized carbons (Fsp3) is 0.316. The molecular weight excluding hydrogens is 465 g/mol. The lowest BCUT2D eigenvalue weighted by Gasteiger charge is -2.35. The van der Waals surface area contributed by atoms with Gasteiger partial charge in [0, 0.05) is 34.8 Å². The Morgan fingerprint density at radius 1 is 1.15 bits per heavy atom. The molecule has 0 spiro atoms. The van der Waals surface area contributed by atoms with Crippen molar-refractivity contribution < 1.29 is 9.53 Å². The van der Waals surface area contributed by atoms with Crippen LogP contribution in [0.15, 0.2) is 42.5 Å². The van der Waals surface area contributed by atoms with Crippen molar-refractivity contribution in [1.29, 1.82) is 0 Å². The molecule has 3 rings (SSSR count). The van der Waals surface area contributed by atoms with Crippen molar-refractivity contribution in [1.82, 2.24) is 4.90 Å². The Balaban J connectivity index is 1.65. The first-order valence-corrected chi connectivity index (χ1v) is 9.88. The van der Waals surface area contributed by atoms with Crippen LogP contribution >= 0.6 is 34.2 Å². The summed E-state index contributed by atoms with van der Waals surface area (Å²) in [6.07, 6.45) is 0. The van der Waals surface area contributed by atoms with Crippen molar-refractivity contribution >= 4 is 51.5 Å². The molecule has 1 N–H and O–H groups in total. The predicted octanol–water partition coefficient (Wildman–Crippen LogP) is 3.71. The van der Waals surface area contributed by atoms with Crippen molar-refractivity contribution in [3.63, 3.8) is 0 Å². The van der Waals surface area contributed by atoms with Gasteiger partial charge in [0.05, 0.1) is 11.4 Å². The molecule has 1 aliphatic rings. The third-order valence-electron chi connectivity index (χ3n) is 4.26. The van der Waals surface area contributed by atoms with Crippen LogP contribution < -0.4 is 15.0 Å². The number of hydrogen-bond donors (Lipinski definition) is 1. The van der Waals surface area contributed by atoms with Gasteiger partial charge in [-0.25, -0.2) is 0 Å². The highest BCUT2D eigenvalue weighted by Gasteiger charge is 2.18. The Hall–Kier alpha value is -1.51. The summed E-state index contributed by atoms with van der Waals surface area (Å²) in [5.74, 6) is 0.465. The minimum Gasteiger partial charge on any atom is -0.484 e. The van der Waals surface area contributed by atoms with Gasteiger partial charge in [0.1, 0.15) is 5.75 Å². The fourth-order valence-electron chi connectivity index (χ4n) is 2.80. The Labute approximate surface area is 172 Å². The Morgan fingerprint density at radius 2 is 1.85 bits per heavy atom. The smallest absolute Gasteiger partial charge is 0.262 e. The van der Waals surface area contributed by atoms with E-state index in [2.05, 4.69) is 44.8 Å². The lowest BCUT2D eigenvalue weighted by Crippen LogP contribution is -2.44. The fourth-order valence-corrected chi connectivity index (χ4v) is 3.33. The molecule has 1 heterocycles. The molecule has 0 atom stereocenters. The van der Waals surface area contributed by atoms with E-state index < -0.39 is 0 Å². The first kappa shape index (κ1) is 19.3. The molecule has 1 fully saturated rings. The molecule has 2 aromatic carbocycles. The molecule has 1 saturated heterocycles. The van der Waals surface area contributed by atoms with Crippen molar-refractivity contribution in [2.24, 2.45) is 0 Å². The summed E-state index contributed by atoms with van der Waals surface area (Å²) < 4.78 is 6.68. The second-order valence-corrected chi connectivity index (χ2v) is 7.92. The average molecular weight is 486 g/mol. The summed E-state index contributed by atoms with van der Waals surface area (Å²) >= 11 is 8.37. The summed E-state index contributed by atoms with van der Waals surface area (Å²) in [7, 11) is 2.11. The molecule has 0 aromatic heterocycles. The number of rotatable bonds is 5. The number of piperazine rings is 1. The SMILES string of the molecule is CN1CCN(c2ccc(Cl)cc2NC(=O)COc2ccc(I)cc2)CC1. The van der Waals surface area contributed by atoms with E-state index in [1.54, 1.807) is 6.07 Å². The summed E-state index contributed by atoms with van der Waals surface area (Å²) in [4.78, 5) is 16.9. The number of nitrogens with zero attached hydrogens (tertiary/aromatic N) is 2. The zero-order valence-electron chi connectivity index (χ0n) is 14.5. The van der Waals surface area contributed by atoms with Crippen LogP contribution in [0.1, 0.15) is 0 Å². The van der Waals surface area contributed by atoms with Crippen molar-refractivity contribution in [2.45, 2.75) is 0 Å². The molecule has 5 nitrogen and oxygen atoms in total. The molecule has 0 radical (unpaired) electrons. The van der Waals surface area contributed by atoms with Gasteiger partial charge in [-0.15, -0.1) is 0 Å². The number of ether oxygens (including phenoxy) is 1. The van der Waals surface area contributed by atoms with Crippen molar-refractivity contribution in [3.05, 3.63) is 51.1 Å². The molecule has 2 aromatic rings. The van der Waals surface area contributed by atoms with Crippen LogP contribution in [0.25, 0.3) is 0 Å². The minimum absolute atomic E-state index is 0.0463. The largest absolute Gasteiger partial charge is 0.484 e. The highest BCUT2D eigenvalue weighted by atomic mass is 127. The van der Waals surface area contributed by atoms with E-state index in [4.69, 9.17) is 16.3 Å². The first-order chi connectivity index (χ1) is 12.5. The third kappa shape index (κ3) is 5.25. The van der Waals surface area contributed by atoms with Gasteiger partial charge in [0.25, 0.3) is 5.91 Å². The van der Waals surface area contributed by atoms with E-state index in [0.29, 0.717) is 10.8 Å². The van der Waals surface area contributed by atoms with E-state index >= 15 is 0 Å². The van der Waals surface area contributed by atoms with Crippen LogP contribution in [-0.2, 0) is 4.79 Å². The predicted molar refractivity (Wildman–Crippen MR) is 114 cm³/mol. The number of likely N-dealkylation sites (N-methyl/N-ethyl adjacent to an activating group) is 1. The van der Waals surface area contributed by atoms with Crippen molar-refractivity contribution in [3.8, 4) is 5.75 Å². The van der Waals surface area contributed by atoms with Gasteiger partial charge in [-0.3, -0.25) is 4.79 Å². The lowest BCUT2D eigenvalue weighted by atomic mass is 10.2. The highest BCUT2D eigenvalue weighted by molar-refractivity contribution is 14.1. The van der Waals surface area contributed by atoms with E-state index in [0.717, 1.165) is 41.1 Å². The number of carbonyl (C=O) groups is 1. The molecule has 1 aliphatic heterocycles. The van der Waals surface area contributed by atoms with Crippen LogP contribution in [0, 0.1) is 3.57 Å². The number of carbonyl (C=O) groups excluding carboxylic acids is 1. The molecule has 7 heteroatoms. The van der Waals surface area contributed by atoms with E-state index in [1.807, 2.05) is 36.4 Å². The number of hydrogen-bond acceptors (Lipinski definition) is 4. The van der Waals surface area contributed by atoms with Gasteiger partial charge in [-0.1, -0.05) is 11.6 Å². The summed E-state index contributed by atoms with van der Waals surface area (Å²) in [5, 5.41) is 3.53. The van der Waals surface area contributed by atoms with Crippen LogP contribution in [0.5, 0.6) is 5.75 Å². The minimum atomic E-state index is -0.207. The molecule has 0 bridgehead atoms. The van der Waals surface area contributed by atoms with E-state index in [-0.39, 0.29) is 12.5 Å². The number of amides is 1. The zero-order chi connectivity index (χ0) is 18.5. The molecule has 138 valence electrons. The van der Waals surface area contributed by atoms with Crippen LogP contribution in [0.4, 0.5) is 11.4 Å². The molecule has 0 aliphatic carbocycles. The molecule has 26 heavy (non-hydrogen) atoms. The number of benzene rings is 2. The van der Waals surface area contributed by atoms with Gasteiger partial charge in [0.15, 0.2) is 6.61 Å². The van der Waals surface area contributed by atoms with Crippen LogP contribution in [0.2, 0.25) is 5.02 Å². The number of nitrogens with one attached hydrogen (secondary N) is 1. The monoisotopic (exact) mass is 485 g/mol. The maximum absolute atomic E-state index is 12.3. The number of halogens is 2. The average Bonchev–Trinajstić information content (AvgIpc) is 2.62. The maximum atomic E-state index is 12.3. The zero-order valence-corrected chi connectivity index (χ0v) is 17.5. The lowest BCUT2D eigenvalue weighted by molar-refractivity contribution is -0.118. The second-order valence-electron chi connectivity index (χ2n) is 6.24. The summed E-state index contributed by atoms with van der Waals surface area (Å²) in [6.45, 7) is 3.77. The van der Waals surface area contributed by atoms with Gasteiger partial charge < -0.3 is 19.9 Å². The Bertz CT molecular complexity index is 762. The normalized spacial score (nSPS) is 15.0. The molecule has 1 amide bonds. The second kappa shape index (κ2) is 8.92. The Kier molecular flexibility index (Phi) is 6.61. The third-order valence-corrected chi connectivity index (χ3v) is 5.21. The summed E-state index contributed by atoms with van der Waals surface area (Å²) in [6, 6.07) is 13.2. The van der Waals surface area contributed by atoms with Gasteiger partial charge in [-0.2, -0.15) is 0 Å². The highest BCUT2D eigenvalue weighted by Crippen LogP contribution is 2.30.